The zero-order valence-electron chi connectivity index (χ0n) is 16.9. The van der Waals surface area contributed by atoms with Crippen LogP contribution in [0, 0.1) is 23.2 Å². The van der Waals surface area contributed by atoms with E-state index in [9.17, 15) is 9.59 Å². The number of benzene rings is 2. The van der Waals surface area contributed by atoms with Crippen molar-refractivity contribution in [2.45, 2.75) is 44.9 Å². The fourth-order valence-electron chi connectivity index (χ4n) is 6.87. The summed E-state index contributed by atoms with van der Waals surface area (Å²) in [5.74, 6) is 1.89. The minimum absolute atomic E-state index is 0.0115. The van der Waals surface area contributed by atoms with Crippen LogP contribution in [0.25, 0.3) is 21.7 Å². The Morgan fingerprint density at radius 3 is 2.37 bits per heavy atom. The van der Waals surface area contributed by atoms with Gasteiger partial charge < -0.3 is 4.42 Å². The van der Waals surface area contributed by atoms with Crippen molar-refractivity contribution in [1.29, 1.82) is 0 Å². The van der Waals surface area contributed by atoms with Crippen LogP contribution in [0.4, 0.5) is 0 Å². The van der Waals surface area contributed by atoms with Gasteiger partial charge in [0, 0.05) is 10.9 Å². The second kappa shape index (κ2) is 6.59. The number of rotatable bonds is 3. The van der Waals surface area contributed by atoms with Gasteiger partial charge in [-0.15, -0.1) is 0 Å². The Kier molecular flexibility index (Phi) is 3.95. The van der Waals surface area contributed by atoms with Gasteiger partial charge in [0.05, 0.1) is 18.1 Å². The third kappa shape index (κ3) is 2.83. The van der Waals surface area contributed by atoms with Crippen molar-refractivity contribution in [2.24, 2.45) is 23.2 Å². The molecule has 5 heteroatoms. The first-order valence-electron chi connectivity index (χ1n) is 11.1. The van der Waals surface area contributed by atoms with Crippen molar-refractivity contribution >= 4 is 33.6 Å². The van der Waals surface area contributed by atoms with E-state index in [0.29, 0.717) is 17.8 Å². The predicted molar refractivity (Wildman–Crippen MR) is 114 cm³/mol. The Bertz CT molecular complexity index is 1130. The summed E-state index contributed by atoms with van der Waals surface area (Å²) in [7, 11) is 0. The Morgan fingerprint density at radius 1 is 0.933 bits per heavy atom. The third-order valence-electron chi connectivity index (χ3n) is 7.73. The number of hydrogen-bond acceptors (Lipinski definition) is 3. The lowest BCUT2D eigenvalue weighted by Gasteiger charge is -2.55. The summed E-state index contributed by atoms with van der Waals surface area (Å²) in [6.45, 7) is 0. The van der Waals surface area contributed by atoms with Gasteiger partial charge in [-0.3, -0.25) is 20.4 Å². The van der Waals surface area contributed by atoms with Gasteiger partial charge in [0.15, 0.2) is 0 Å². The molecule has 1 aromatic heterocycles. The van der Waals surface area contributed by atoms with Crippen LogP contribution in [-0.4, -0.2) is 11.8 Å². The Hall–Kier alpha value is -2.82. The number of hydrazine groups is 1. The number of carbonyl (C=O) groups excluding carboxylic acids is 2. The van der Waals surface area contributed by atoms with E-state index in [1.165, 1.54) is 19.3 Å². The zero-order chi connectivity index (χ0) is 20.3. The molecule has 0 aliphatic heterocycles. The van der Waals surface area contributed by atoms with E-state index in [1.54, 1.807) is 6.26 Å². The molecule has 4 bridgehead atoms. The zero-order valence-corrected chi connectivity index (χ0v) is 16.9. The van der Waals surface area contributed by atoms with E-state index in [2.05, 4.69) is 16.9 Å². The molecule has 7 rings (SSSR count). The summed E-state index contributed by atoms with van der Waals surface area (Å²) in [6.07, 6.45) is 8.65. The van der Waals surface area contributed by atoms with Crippen molar-refractivity contribution in [2.75, 3.05) is 0 Å². The SMILES string of the molecule is O=C(Cc1coc2ccc3ccccc3c12)NNC(=O)C12CC3CC(CC(C3)C1)C2. The lowest BCUT2D eigenvalue weighted by molar-refractivity contribution is -0.148. The van der Waals surface area contributed by atoms with E-state index < -0.39 is 0 Å². The molecule has 2 aromatic carbocycles. The number of amides is 2. The van der Waals surface area contributed by atoms with Crippen molar-refractivity contribution in [3.05, 3.63) is 48.2 Å². The van der Waals surface area contributed by atoms with Crippen LogP contribution in [0.3, 0.4) is 0 Å². The van der Waals surface area contributed by atoms with Gasteiger partial charge in [0.1, 0.15) is 5.58 Å². The first kappa shape index (κ1) is 18.0. The van der Waals surface area contributed by atoms with Crippen LogP contribution in [-0.2, 0) is 16.0 Å². The molecule has 2 amide bonds. The molecule has 4 aliphatic rings. The minimum Gasteiger partial charge on any atom is -0.464 e. The largest absolute Gasteiger partial charge is 0.464 e. The molecule has 3 aromatic rings. The van der Waals surface area contributed by atoms with E-state index in [4.69, 9.17) is 4.42 Å². The summed E-state index contributed by atoms with van der Waals surface area (Å²) in [5, 5.41) is 3.16. The lowest BCUT2D eigenvalue weighted by atomic mass is 9.49. The van der Waals surface area contributed by atoms with Gasteiger partial charge in [0.2, 0.25) is 11.8 Å². The molecular formula is C25H26N2O3. The highest BCUT2D eigenvalue weighted by Gasteiger charge is 2.54. The van der Waals surface area contributed by atoms with Gasteiger partial charge >= 0.3 is 0 Å². The smallest absolute Gasteiger partial charge is 0.244 e. The summed E-state index contributed by atoms with van der Waals surface area (Å²) in [6, 6.07) is 12.1. The molecule has 5 nitrogen and oxygen atoms in total. The maximum Gasteiger partial charge on any atom is 0.244 e. The normalized spacial score (nSPS) is 29.4. The molecule has 2 N–H and O–H groups in total. The minimum atomic E-state index is -0.263. The maximum absolute atomic E-state index is 13.0. The monoisotopic (exact) mass is 402 g/mol. The van der Waals surface area contributed by atoms with Gasteiger partial charge in [-0.25, -0.2) is 0 Å². The quantitative estimate of drug-likeness (QED) is 0.634. The molecular weight excluding hydrogens is 376 g/mol. The second-order valence-corrected chi connectivity index (χ2v) is 9.80. The molecule has 0 radical (unpaired) electrons. The second-order valence-electron chi connectivity index (χ2n) is 9.80. The highest BCUT2D eigenvalue weighted by atomic mass is 16.3. The number of furan rings is 1. The molecule has 30 heavy (non-hydrogen) atoms. The Balaban J connectivity index is 1.17. The van der Waals surface area contributed by atoms with Crippen molar-refractivity contribution in [3.63, 3.8) is 0 Å². The van der Waals surface area contributed by atoms with Crippen LogP contribution in [0.2, 0.25) is 0 Å². The van der Waals surface area contributed by atoms with Gasteiger partial charge in [0.25, 0.3) is 0 Å². The molecule has 4 saturated carbocycles. The molecule has 4 fully saturated rings. The Labute approximate surface area is 175 Å². The van der Waals surface area contributed by atoms with Gasteiger partial charge in [-0.05, 0) is 73.1 Å². The maximum atomic E-state index is 13.0. The number of carbonyl (C=O) groups is 2. The standard InChI is InChI=1S/C25H26N2O3/c28-22(10-19-14-30-21-6-5-18-3-1-2-4-20(18)23(19)21)26-27-24(29)25-11-15-7-16(12-25)9-17(8-15)13-25/h1-6,14-17H,7-13H2,(H,26,28)(H,27,29). The third-order valence-corrected chi connectivity index (χ3v) is 7.73. The summed E-state index contributed by atoms with van der Waals surface area (Å²) >= 11 is 0. The molecule has 154 valence electrons. The van der Waals surface area contributed by atoms with Crippen LogP contribution in [0.15, 0.2) is 47.1 Å². The van der Waals surface area contributed by atoms with Crippen LogP contribution in [0.5, 0.6) is 0 Å². The molecule has 0 saturated heterocycles. The van der Waals surface area contributed by atoms with Crippen molar-refractivity contribution in [1.82, 2.24) is 10.9 Å². The van der Waals surface area contributed by atoms with Gasteiger partial charge in [-0.2, -0.15) is 0 Å². The fourth-order valence-corrected chi connectivity index (χ4v) is 6.87. The first-order chi connectivity index (χ1) is 14.6. The first-order valence-corrected chi connectivity index (χ1v) is 11.1. The average molecular weight is 402 g/mol. The van der Waals surface area contributed by atoms with E-state index in [0.717, 1.165) is 46.6 Å². The van der Waals surface area contributed by atoms with E-state index >= 15 is 0 Å². The highest BCUT2D eigenvalue weighted by Crippen LogP contribution is 2.60. The average Bonchev–Trinajstić information content (AvgIpc) is 3.14. The summed E-state index contributed by atoms with van der Waals surface area (Å²) < 4.78 is 5.68. The summed E-state index contributed by atoms with van der Waals surface area (Å²) in [5.41, 5.74) is 6.79. The van der Waals surface area contributed by atoms with Crippen LogP contribution < -0.4 is 10.9 Å². The molecule has 1 heterocycles. The Morgan fingerprint density at radius 2 is 1.63 bits per heavy atom. The molecule has 0 atom stereocenters. The van der Waals surface area contributed by atoms with Crippen molar-refractivity contribution < 1.29 is 14.0 Å². The lowest BCUT2D eigenvalue weighted by Crippen LogP contribution is -2.56. The molecule has 0 spiro atoms. The number of hydrogen-bond donors (Lipinski definition) is 2. The topological polar surface area (TPSA) is 71.3 Å². The predicted octanol–water partition coefficient (Wildman–Crippen LogP) is 4.49. The number of nitrogens with one attached hydrogen (secondary N) is 2. The van der Waals surface area contributed by atoms with Gasteiger partial charge in [-0.1, -0.05) is 30.3 Å². The molecule has 4 aliphatic carbocycles. The van der Waals surface area contributed by atoms with E-state index in [1.807, 2.05) is 30.3 Å². The molecule has 0 unspecified atom stereocenters. The highest BCUT2D eigenvalue weighted by molar-refractivity contribution is 6.08. The van der Waals surface area contributed by atoms with Crippen LogP contribution >= 0.6 is 0 Å². The fraction of sp³-hybridized carbons (Fsp3) is 0.440. The van der Waals surface area contributed by atoms with E-state index in [-0.39, 0.29) is 23.7 Å². The van der Waals surface area contributed by atoms with Crippen LogP contribution in [0.1, 0.15) is 44.1 Å². The van der Waals surface area contributed by atoms with Crippen molar-refractivity contribution in [3.8, 4) is 0 Å². The number of fused-ring (bicyclic) bond motifs is 3. The summed E-state index contributed by atoms with van der Waals surface area (Å²) in [4.78, 5) is 25.7.